The SMILES string of the molecule is CN(C)S(=O)(=O)c1ccc(N2CCCC2)c(C(=O)OCC2CCCO2)c1. The Labute approximate surface area is 154 Å². The summed E-state index contributed by atoms with van der Waals surface area (Å²) in [7, 11) is -0.679. The zero-order valence-corrected chi connectivity index (χ0v) is 16.1. The van der Waals surface area contributed by atoms with E-state index >= 15 is 0 Å². The maximum atomic E-state index is 12.7. The van der Waals surface area contributed by atoms with Crippen LogP contribution in [0.2, 0.25) is 0 Å². The molecule has 0 bridgehead atoms. The molecule has 1 unspecified atom stereocenters. The minimum atomic E-state index is -3.62. The van der Waals surface area contributed by atoms with Crippen LogP contribution in [0.1, 0.15) is 36.0 Å². The molecule has 2 aliphatic heterocycles. The minimum absolute atomic E-state index is 0.0668. The molecule has 0 aromatic heterocycles. The van der Waals surface area contributed by atoms with Gasteiger partial charge in [0.2, 0.25) is 10.0 Å². The van der Waals surface area contributed by atoms with Gasteiger partial charge < -0.3 is 14.4 Å². The Bertz CT molecular complexity index is 751. The van der Waals surface area contributed by atoms with Crippen LogP contribution in [0.15, 0.2) is 23.1 Å². The summed E-state index contributed by atoms with van der Waals surface area (Å²) in [4.78, 5) is 14.9. The topological polar surface area (TPSA) is 76.2 Å². The highest BCUT2D eigenvalue weighted by atomic mass is 32.2. The first kappa shape index (κ1) is 19.1. The second kappa shape index (κ2) is 7.94. The van der Waals surface area contributed by atoms with Crippen LogP contribution in [-0.2, 0) is 19.5 Å². The van der Waals surface area contributed by atoms with E-state index in [-0.39, 0.29) is 17.6 Å². The van der Waals surface area contributed by atoms with Crippen LogP contribution in [0.25, 0.3) is 0 Å². The lowest BCUT2D eigenvalue weighted by Gasteiger charge is -2.22. The molecule has 3 rings (SSSR count). The van der Waals surface area contributed by atoms with Crippen molar-refractivity contribution in [2.75, 3.05) is 45.3 Å². The van der Waals surface area contributed by atoms with Gasteiger partial charge in [0.1, 0.15) is 6.61 Å². The average molecular weight is 382 g/mol. The number of hydrogen-bond acceptors (Lipinski definition) is 6. The van der Waals surface area contributed by atoms with E-state index in [0.717, 1.165) is 48.8 Å². The van der Waals surface area contributed by atoms with Crippen LogP contribution in [-0.4, -0.2) is 65.2 Å². The number of sulfonamides is 1. The predicted molar refractivity (Wildman–Crippen MR) is 98.0 cm³/mol. The second-order valence-electron chi connectivity index (χ2n) is 6.89. The Morgan fingerprint density at radius 2 is 2.00 bits per heavy atom. The van der Waals surface area contributed by atoms with E-state index in [9.17, 15) is 13.2 Å². The summed E-state index contributed by atoms with van der Waals surface area (Å²) in [5, 5.41) is 0. The van der Waals surface area contributed by atoms with E-state index < -0.39 is 16.0 Å². The van der Waals surface area contributed by atoms with Crippen LogP contribution in [0, 0.1) is 0 Å². The van der Waals surface area contributed by atoms with E-state index in [1.165, 1.54) is 20.2 Å². The van der Waals surface area contributed by atoms with Crippen molar-refractivity contribution in [2.24, 2.45) is 0 Å². The number of rotatable bonds is 6. The van der Waals surface area contributed by atoms with Gasteiger partial charge in [-0.1, -0.05) is 0 Å². The van der Waals surface area contributed by atoms with Gasteiger partial charge in [-0.15, -0.1) is 0 Å². The van der Waals surface area contributed by atoms with Gasteiger partial charge >= 0.3 is 5.97 Å². The van der Waals surface area contributed by atoms with Crippen LogP contribution in [0.3, 0.4) is 0 Å². The van der Waals surface area contributed by atoms with E-state index in [2.05, 4.69) is 4.90 Å². The molecule has 7 nitrogen and oxygen atoms in total. The lowest BCUT2D eigenvalue weighted by atomic mass is 10.1. The molecular weight excluding hydrogens is 356 g/mol. The van der Waals surface area contributed by atoms with Gasteiger partial charge in [0.15, 0.2) is 0 Å². The van der Waals surface area contributed by atoms with Gasteiger partial charge in [-0.3, -0.25) is 0 Å². The first-order valence-corrected chi connectivity index (χ1v) is 10.4. The molecule has 144 valence electrons. The van der Waals surface area contributed by atoms with E-state index in [4.69, 9.17) is 9.47 Å². The van der Waals surface area contributed by atoms with Crippen molar-refractivity contribution < 1.29 is 22.7 Å². The summed E-state index contributed by atoms with van der Waals surface area (Å²) in [6.45, 7) is 2.60. The minimum Gasteiger partial charge on any atom is -0.459 e. The summed E-state index contributed by atoms with van der Waals surface area (Å²) >= 11 is 0. The molecule has 8 heteroatoms. The molecule has 26 heavy (non-hydrogen) atoms. The lowest BCUT2D eigenvalue weighted by molar-refractivity contribution is 0.0161. The number of hydrogen-bond donors (Lipinski definition) is 0. The zero-order chi connectivity index (χ0) is 18.7. The van der Waals surface area contributed by atoms with E-state index in [0.29, 0.717) is 12.2 Å². The molecule has 0 amide bonds. The highest BCUT2D eigenvalue weighted by molar-refractivity contribution is 7.89. The first-order chi connectivity index (χ1) is 12.4. The van der Waals surface area contributed by atoms with Crippen molar-refractivity contribution in [3.63, 3.8) is 0 Å². The summed E-state index contributed by atoms with van der Waals surface area (Å²) in [6.07, 6.45) is 3.89. The third kappa shape index (κ3) is 4.02. The largest absolute Gasteiger partial charge is 0.459 e. The van der Waals surface area contributed by atoms with Crippen molar-refractivity contribution >= 4 is 21.7 Å². The van der Waals surface area contributed by atoms with Crippen LogP contribution >= 0.6 is 0 Å². The third-order valence-corrected chi connectivity index (χ3v) is 6.65. The molecule has 2 heterocycles. The van der Waals surface area contributed by atoms with Crippen molar-refractivity contribution in [3.8, 4) is 0 Å². The molecule has 1 aromatic rings. The second-order valence-corrected chi connectivity index (χ2v) is 9.05. The average Bonchev–Trinajstić information content (AvgIpc) is 3.32. The molecule has 0 radical (unpaired) electrons. The number of ether oxygens (including phenoxy) is 2. The third-order valence-electron chi connectivity index (χ3n) is 4.84. The number of anilines is 1. The summed E-state index contributed by atoms with van der Waals surface area (Å²) < 4.78 is 37.0. The summed E-state index contributed by atoms with van der Waals surface area (Å²) in [6, 6.07) is 4.70. The Morgan fingerprint density at radius 1 is 1.27 bits per heavy atom. The standard InChI is InChI=1S/C18H26N2O5S/c1-19(2)26(22,23)15-7-8-17(20-9-3-4-10-20)16(12-15)18(21)25-13-14-6-5-11-24-14/h7-8,12,14H,3-6,9-11,13H2,1-2H3. The number of nitrogens with zero attached hydrogens (tertiary/aromatic N) is 2. The van der Waals surface area contributed by atoms with Gasteiger partial charge in [-0.2, -0.15) is 0 Å². The first-order valence-electron chi connectivity index (χ1n) is 9.00. The smallest absolute Gasteiger partial charge is 0.340 e. The van der Waals surface area contributed by atoms with Gasteiger partial charge in [0, 0.05) is 33.8 Å². The lowest BCUT2D eigenvalue weighted by Crippen LogP contribution is -2.25. The molecule has 0 N–H and O–H groups in total. The van der Waals surface area contributed by atoms with Crippen LogP contribution in [0.5, 0.6) is 0 Å². The van der Waals surface area contributed by atoms with Crippen molar-refractivity contribution in [1.29, 1.82) is 0 Å². The van der Waals surface area contributed by atoms with Crippen molar-refractivity contribution in [3.05, 3.63) is 23.8 Å². The van der Waals surface area contributed by atoms with Gasteiger partial charge in [0.05, 0.1) is 22.3 Å². The van der Waals surface area contributed by atoms with Crippen LogP contribution in [0.4, 0.5) is 5.69 Å². The highest BCUT2D eigenvalue weighted by Gasteiger charge is 2.26. The Kier molecular flexibility index (Phi) is 5.84. The van der Waals surface area contributed by atoms with E-state index in [1.54, 1.807) is 12.1 Å². The monoisotopic (exact) mass is 382 g/mol. The quantitative estimate of drug-likeness (QED) is 0.699. The molecule has 0 aliphatic carbocycles. The van der Waals surface area contributed by atoms with Gasteiger partial charge in [-0.05, 0) is 43.9 Å². The van der Waals surface area contributed by atoms with Gasteiger partial charge in [0.25, 0.3) is 0 Å². The fourth-order valence-electron chi connectivity index (χ4n) is 3.31. The number of esters is 1. The maximum absolute atomic E-state index is 12.7. The highest BCUT2D eigenvalue weighted by Crippen LogP contribution is 2.29. The van der Waals surface area contributed by atoms with E-state index in [1.807, 2.05) is 0 Å². The van der Waals surface area contributed by atoms with Gasteiger partial charge in [-0.25, -0.2) is 17.5 Å². The fraction of sp³-hybridized carbons (Fsp3) is 0.611. The number of carbonyl (C=O) groups is 1. The summed E-state index contributed by atoms with van der Waals surface area (Å²) in [5.41, 5.74) is 1.03. The summed E-state index contributed by atoms with van der Waals surface area (Å²) in [5.74, 6) is -0.502. The van der Waals surface area contributed by atoms with Crippen molar-refractivity contribution in [1.82, 2.24) is 4.31 Å². The maximum Gasteiger partial charge on any atom is 0.340 e. The Morgan fingerprint density at radius 3 is 2.62 bits per heavy atom. The molecule has 2 aliphatic rings. The van der Waals surface area contributed by atoms with Crippen molar-refractivity contribution in [2.45, 2.75) is 36.7 Å². The predicted octanol–water partition coefficient (Wildman–Crippen LogP) is 1.87. The number of benzene rings is 1. The molecule has 1 atom stereocenters. The fourth-order valence-corrected chi connectivity index (χ4v) is 4.23. The molecule has 0 saturated carbocycles. The molecular formula is C18H26N2O5S. The number of carbonyl (C=O) groups excluding carboxylic acids is 1. The van der Waals surface area contributed by atoms with Crippen LogP contribution < -0.4 is 4.90 Å². The molecule has 0 spiro atoms. The molecule has 2 fully saturated rings. The molecule has 1 aromatic carbocycles. The molecule has 2 saturated heterocycles. The Balaban J connectivity index is 1.88. The Hall–Kier alpha value is -1.64. The zero-order valence-electron chi connectivity index (χ0n) is 15.3. The normalized spacial score (nSPS) is 20.7.